The van der Waals surface area contributed by atoms with Gasteiger partial charge in [-0.3, -0.25) is 0 Å². The average molecular weight is 115 g/mol. The first-order chi connectivity index (χ1) is 0. The summed E-state index contributed by atoms with van der Waals surface area (Å²) in [5, 5.41) is 0. The number of halogens is 2. The van der Waals surface area contributed by atoms with Crippen LogP contribution in [0.1, 0.15) is 0 Å². The molecule has 0 atom stereocenters. The fourth-order valence-corrected chi connectivity index (χ4v) is 0. The van der Waals surface area contributed by atoms with E-state index >= 15 is 0 Å². The fourth-order valence-electron chi connectivity index (χ4n) is 0. The maximum Gasteiger partial charge on any atom is 2.00 e. The Balaban J connectivity index is 0. The Morgan fingerprint density at radius 1 is 0.750 bits per heavy atom. The van der Waals surface area contributed by atoms with Crippen molar-refractivity contribution in [2.24, 2.45) is 0 Å². The topological polar surface area (TPSA) is 31.5 Å². The minimum absolute atomic E-state index is 0. The van der Waals surface area contributed by atoms with E-state index in [2.05, 4.69) is 0 Å². The van der Waals surface area contributed by atoms with E-state index in [0.717, 1.165) is 0 Å². The zero-order valence-corrected chi connectivity index (χ0v) is 2.56. The van der Waals surface area contributed by atoms with Gasteiger partial charge in [-0.2, -0.15) is 0 Å². The van der Waals surface area contributed by atoms with E-state index in [1.54, 1.807) is 0 Å². The van der Waals surface area contributed by atoms with Gasteiger partial charge in [-0.25, -0.2) is 0 Å². The smallest absolute Gasteiger partial charge is 1.00 e. The molecule has 0 saturated carbocycles. The molecule has 0 heterocycles. The van der Waals surface area contributed by atoms with Gasteiger partial charge in [0.05, 0.1) is 0 Å². The second-order valence-electron chi connectivity index (χ2n) is 0. The van der Waals surface area contributed by atoms with Gasteiger partial charge in [0.2, 0.25) is 0 Å². The largest absolute Gasteiger partial charge is 2.00 e. The van der Waals surface area contributed by atoms with Crippen LogP contribution in [0.15, 0.2) is 0 Å². The third-order valence-corrected chi connectivity index (χ3v) is 0. The third kappa shape index (κ3) is 40.6. The minimum Gasteiger partial charge on any atom is -1.00 e. The summed E-state index contributed by atoms with van der Waals surface area (Å²) in [5.74, 6) is 0. The predicted molar refractivity (Wildman–Crippen MR) is 3.61 cm³/mol. The van der Waals surface area contributed by atoms with E-state index in [9.17, 15) is 0 Å². The van der Waals surface area contributed by atoms with Gasteiger partial charge < -0.3 is 14.9 Å². The molecule has 0 rings (SSSR count). The van der Waals surface area contributed by atoms with E-state index in [1.807, 2.05) is 0 Å². The molecule has 0 fully saturated rings. The molecule has 0 aliphatic carbocycles. The summed E-state index contributed by atoms with van der Waals surface area (Å²) >= 11 is 0. The van der Waals surface area contributed by atoms with Gasteiger partial charge in [-0.1, -0.05) is 0 Å². The van der Waals surface area contributed by atoms with Crippen molar-refractivity contribution >= 4 is 0 Å². The molecule has 0 aromatic rings. The van der Waals surface area contributed by atoms with E-state index in [1.165, 1.54) is 0 Å². The van der Waals surface area contributed by atoms with E-state index in [-0.39, 0.29) is 31.4 Å². The Morgan fingerprint density at radius 2 is 0.750 bits per heavy atom. The first kappa shape index (κ1) is 482. The van der Waals surface area contributed by atoms with E-state index in [4.69, 9.17) is 0 Å². The molecule has 0 unspecified atom stereocenters. The molecule has 0 bridgehead atoms. The zero-order chi connectivity index (χ0) is 0. The van der Waals surface area contributed by atoms with Crippen molar-refractivity contribution in [1.29, 1.82) is 0 Å². The van der Waals surface area contributed by atoms with Crippen LogP contribution in [0, 0.1) is 0 Å². The second-order valence-corrected chi connectivity index (χ2v) is 0. The van der Waals surface area contributed by atoms with Gasteiger partial charge in [0.25, 0.3) is 0 Å². The summed E-state index contributed by atoms with van der Waals surface area (Å²) < 4.78 is 0. The van der Waals surface area contributed by atoms with E-state index in [0.29, 0.717) is 0 Å². The summed E-state index contributed by atoms with van der Waals surface area (Å²) in [6, 6.07) is 0. The van der Waals surface area contributed by atoms with Crippen LogP contribution in [0.5, 0.6) is 0 Å². The first-order valence-corrected chi connectivity index (χ1v) is 0. The molecular weight excluding hydrogens is 113 g/mol. The number of hydrogen-bond acceptors (Lipinski definition) is 0. The molecule has 1 nitrogen and oxygen atoms in total. The minimum atomic E-state index is 0. The molecule has 32 valence electrons. The second kappa shape index (κ2) is 180. The summed E-state index contributed by atoms with van der Waals surface area (Å²) in [6.45, 7) is 0. The predicted octanol–water partition coefficient (Wildman–Crippen LogP) is -6.82. The van der Waals surface area contributed by atoms with Crippen LogP contribution >= 0.6 is 0 Å². The molecular formula is H2F2NiO. The Labute approximate surface area is 32.4 Å². The number of hydrogen-bond donors (Lipinski definition) is 0. The van der Waals surface area contributed by atoms with Gasteiger partial charge in [0.15, 0.2) is 0 Å². The van der Waals surface area contributed by atoms with Crippen LogP contribution in [0.3, 0.4) is 0 Å². The van der Waals surface area contributed by atoms with Gasteiger partial charge in [-0.05, 0) is 0 Å². The zero-order valence-electron chi connectivity index (χ0n) is 1.57. The van der Waals surface area contributed by atoms with Crippen LogP contribution in [-0.4, -0.2) is 5.48 Å². The van der Waals surface area contributed by atoms with Gasteiger partial charge in [0, 0.05) is 0 Å². The number of rotatable bonds is 0. The van der Waals surface area contributed by atoms with Gasteiger partial charge in [0.1, 0.15) is 0 Å². The molecule has 4 heavy (non-hydrogen) atoms. The molecule has 0 aliphatic heterocycles. The molecule has 0 aromatic heterocycles. The van der Waals surface area contributed by atoms with Crippen LogP contribution in [-0.2, 0) is 16.5 Å². The van der Waals surface area contributed by atoms with E-state index < -0.39 is 0 Å². The maximum absolute atomic E-state index is 0. The summed E-state index contributed by atoms with van der Waals surface area (Å²) in [4.78, 5) is 0. The van der Waals surface area contributed by atoms with Gasteiger partial charge in [-0.15, -0.1) is 0 Å². The maximum atomic E-state index is 0. The summed E-state index contributed by atoms with van der Waals surface area (Å²) in [7, 11) is 0. The molecule has 2 N–H and O–H groups in total. The quantitative estimate of drug-likeness (QED) is 0.281. The Bertz CT molecular complexity index is 6.00. The van der Waals surface area contributed by atoms with Crippen molar-refractivity contribution in [2.45, 2.75) is 0 Å². The van der Waals surface area contributed by atoms with Crippen molar-refractivity contribution in [3.8, 4) is 0 Å². The van der Waals surface area contributed by atoms with Crippen LogP contribution in [0.2, 0.25) is 0 Å². The molecule has 0 amide bonds. The molecule has 0 aliphatic rings. The van der Waals surface area contributed by atoms with Crippen molar-refractivity contribution in [3.63, 3.8) is 0 Å². The Kier molecular flexibility index (Phi) is 21700. The standard InChI is InChI=1S/2FH.Ni.H2O/h2*1H;;1H2/q;;+2;/p-2. The molecule has 0 saturated heterocycles. The molecule has 0 aromatic carbocycles. The van der Waals surface area contributed by atoms with Crippen molar-refractivity contribution in [2.75, 3.05) is 0 Å². The Morgan fingerprint density at radius 3 is 0.750 bits per heavy atom. The Hall–Kier alpha value is 0.314. The van der Waals surface area contributed by atoms with Crippen LogP contribution in [0.25, 0.3) is 0 Å². The van der Waals surface area contributed by atoms with Crippen molar-refractivity contribution < 1.29 is 31.4 Å². The first-order valence-electron chi connectivity index (χ1n) is 0. The van der Waals surface area contributed by atoms with Crippen LogP contribution in [0.4, 0.5) is 0 Å². The normalized spacial score (nSPS) is 0. The SMILES string of the molecule is O.[F-].[F-].[Ni+2]. The van der Waals surface area contributed by atoms with Crippen molar-refractivity contribution in [3.05, 3.63) is 0 Å². The van der Waals surface area contributed by atoms with Crippen molar-refractivity contribution in [1.82, 2.24) is 0 Å². The average Bonchev–Trinajstić information content (AvgIpc) is 0. The monoisotopic (exact) mass is 114 g/mol. The molecule has 0 spiro atoms. The van der Waals surface area contributed by atoms with Crippen LogP contribution < -0.4 is 9.41 Å². The summed E-state index contributed by atoms with van der Waals surface area (Å²) in [5.41, 5.74) is 0. The van der Waals surface area contributed by atoms with Gasteiger partial charge >= 0.3 is 16.5 Å². The molecule has 0 radical (unpaired) electrons. The fraction of sp³-hybridized carbons (Fsp3) is 0. The summed E-state index contributed by atoms with van der Waals surface area (Å²) in [6.07, 6.45) is 0. The third-order valence-electron chi connectivity index (χ3n) is 0. The molecule has 4 heteroatoms.